The van der Waals surface area contributed by atoms with Gasteiger partial charge in [-0.25, -0.2) is 4.79 Å². The number of phenols is 1. The second-order valence-electron chi connectivity index (χ2n) is 10.4. The normalized spacial score (nSPS) is 13.2. The van der Waals surface area contributed by atoms with Gasteiger partial charge in [0, 0.05) is 0 Å². The smallest absolute Gasteiger partial charge is 0.407 e. The number of benzene rings is 1. The average molecular weight is 438 g/mol. The first kappa shape index (κ1) is 26.3. The SMILES string of the molecule is CC(C)(C)OC(=O)NC[C@@H](OC(=O)C(C)(C)C)c1ccc(O)c(OC(=O)C(C)(C)C)c1. The molecule has 0 bridgehead atoms. The number of esters is 2. The van der Waals surface area contributed by atoms with Gasteiger partial charge in [-0.15, -0.1) is 0 Å². The van der Waals surface area contributed by atoms with Crippen LogP contribution in [0.25, 0.3) is 0 Å². The molecular formula is C23H35NO7. The molecule has 0 aromatic heterocycles. The third kappa shape index (κ3) is 8.86. The molecule has 1 aromatic rings. The summed E-state index contributed by atoms with van der Waals surface area (Å²) in [7, 11) is 0. The van der Waals surface area contributed by atoms with Crippen LogP contribution in [0.1, 0.15) is 74.0 Å². The van der Waals surface area contributed by atoms with Crippen molar-refractivity contribution >= 4 is 18.0 Å². The molecule has 2 N–H and O–H groups in total. The summed E-state index contributed by atoms with van der Waals surface area (Å²) < 4.78 is 16.2. The molecule has 0 fully saturated rings. The zero-order valence-corrected chi connectivity index (χ0v) is 19.9. The van der Waals surface area contributed by atoms with E-state index in [9.17, 15) is 19.5 Å². The minimum Gasteiger partial charge on any atom is -0.504 e. The third-order valence-corrected chi connectivity index (χ3v) is 3.86. The van der Waals surface area contributed by atoms with Gasteiger partial charge in [-0.05, 0) is 80.0 Å². The number of nitrogens with one attached hydrogen (secondary N) is 1. The van der Waals surface area contributed by atoms with E-state index in [0.29, 0.717) is 5.56 Å². The Labute approximate surface area is 184 Å². The fourth-order valence-electron chi connectivity index (χ4n) is 2.09. The first-order valence-electron chi connectivity index (χ1n) is 10.1. The van der Waals surface area contributed by atoms with Gasteiger partial charge < -0.3 is 24.6 Å². The molecule has 1 aromatic carbocycles. The van der Waals surface area contributed by atoms with Gasteiger partial charge in [0.15, 0.2) is 11.5 Å². The van der Waals surface area contributed by atoms with Gasteiger partial charge >= 0.3 is 18.0 Å². The summed E-state index contributed by atoms with van der Waals surface area (Å²) >= 11 is 0. The number of ether oxygens (including phenoxy) is 3. The zero-order chi connectivity index (χ0) is 24.2. The molecule has 0 aliphatic heterocycles. The highest BCUT2D eigenvalue weighted by molar-refractivity contribution is 5.78. The molecule has 31 heavy (non-hydrogen) atoms. The molecule has 0 aliphatic carbocycles. The monoisotopic (exact) mass is 437 g/mol. The number of rotatable bonds is 5. The Morgan fingerprint density at radius 3 is 1.97 bits per heavy atom. The van der Waals surface area contributed by atoms with Crippen LogP contribution in [0.2, 0.25) is 0 Å². The molecule has 8 nitrogen and oxygen atoms in total. The molecule has 8 heteroatoms. The molecule has 0 radical (unpaired) electrons. The molecule has 0 aliphatic rings. The first-order valence-corrected chi connectivity index (χ1v) is 10.1. The fraction of sp³-hybridized carbons (Fsp3) is 0.609. The number of aromatic hydroxyl groups is 1. The van der Waals surface area contributed by atoms with Gasteiger partial charge in [0.1, 0.15) is 11.7 Å². The highest BCUT2D eigenvalue weighted by Gasteiger charge is 2.29. The van der Waals surface area contributed by atoms with Crippen LogP contribution in [0.5, 0.6) is 11.5 Å². The predicted molar refractivity (Wildman–Crippen MR) is 116 cm³/mol. The molecule has 1 atom stereocenters. The molecule has 0 saturated carbocycles. The number of hydrogen-bond acceptors (Lipinski definition) is 7. The van der Waals surface area contributed by atoms with Crippen LogP contribution in [0, 0.1) is 10.8 Å². The number of hydrogen-bond donors (Lipinski definition) is 2. The number of amides is 1. The van der Waals surface area contributed by atoms with Crippen LogP contribution in [0.15, 0.2) is 18.2 Å². The van der Waals surface area contributed by atoms with Crippen molar-refractivity contribution in [1.29, 1.82) is 0 Å². The molecule has 0 spiro atoms. The minimum atomic E-state index is -0.896. The Morgan fingerprint density at radius 1 is 0.935 bits per heavy atom. The lowest BCUT2D eigenvalue weighted by Gasteiger charge is -2.25. The lowest BCUT2D eigenvalue weighted by molar-refractivity contribution is -0.159. The summed E-state index contributed by atoms with van der Waals surface area (Å²) in [4.78, 5) is 36.8. The van der Waals surface area contributed by atoms with Crippen LogP contribution in [0.3, 0.4) is 0 Å². The Morgan fingerprint density at radius 2 is 1.48 bits per heavy atom. The number of carbonyl (C=O) groups is 3. The van der Waals surface area contributed by atoms with E-state index in [1.165, 1.54) is 18.2 Å². The molecule has 0 unspecified atom stereocenters. The van der Waals surface area contributed by atoms with Crippen LogP contribution < -0.4 is 10.1 Å². The summed E-state index contributed by atoms with van der Waals surface area (Å²) in [6.45, 7) is 15.3. The number of carbonyl (C=O) groups excluding carboxylic acids is 3. The highest BCUT2D eigenvalue weighted by atomic mass is 16.6. The average Bonchev–Trinajstić information content (AvgIpc) is 2.57. The Balaban J connectivity index is 3.16. The molecule has 174 valence electrons. The van der Waals surface area contributed by atoms with E-state index in [4.69, 9.17) is 14.2 Å². The van der Waals surface area contributed by atoms with Gasteiger partial charge in [0.25, 0.3) is 0 Å². The molecule has 1 rings (SSSR count). The second kappa shape index (κ2) is 9.58. The van der Waals surface area contributed by atoms with Crippen LogP contribution in [-0.2, 0) is 19.1 Å². The maximum absolute atomic E-state index is 12.5. The topological polar surface area (TPSA) is 111 Å². The third-order valence-electron chi connectivity index (χ3n) is 3.86. The maximum Gasteiger partial charge on any atom is 0.407 e. The van der Waals surface area contributed by atoms with Crippen molar-refractivity contribution in [3.8, 4) is 11.5 Å². The summed E-state index contributed by atoms with van der Waals surface area (Å²) in [6.07, 6.45) is -1.56. The summed E-state index contributed by atoms with van der Waals surface area (Å²) in [6, 6.07) is 4.28. The minimum absolute atomic E-state index is 0.0634. The van der Waals surface area contributed by atoms with E-state index < -0.39 is 40.6 Å². The first-order chi connectivity index (χ1) is 13.9. The van der Waals surface area contributed by atoms with Crippen molar-refractivity contribution in [1.82, 2.24) is 5.32 Å². The van der Waals surface area contributed by atoms with Crippen LogP contribution >= 0.6 is 0 Å². The number of phenolic OH excluding ortho intramolecular Hbond substituents is 1. The van der Waals surface area contributed by atoms with E-state index in [0.717, 1.165) is 0 Å². The predicted octanol–water partition coefficient (Wildman–Crippen LogP) is 4.50. The summed E-state index contributed by atoms with van der Waals surface area (Å²) in [5, 5.41) is 12.7. The molecule has 1 amide bonds. The largest absolute Gasteiger partial charge is 0.504 e. The molecule has 0 heterocycles. The Kier molecular flexibility index (Phi) is 8.11. The molecule has 0 saturated heterocycles. The van der Waals surface area contributed by atoms with Crippen molar-refractivity contribution in [2.75, 3.05) is 6.54 Å². The second-order valence-corrected chi connectivity index (χ2v) is 10.4. The lowest BCUT2D eigenvalue weighted by Crippen LogP contribution is -2.36. The van der Waals surface area contributed by atoms with Crippen molar-refractivity contribution in [2.45, 2.75) is 74.0 Å². The van der Waals surface area contributed by atoms with Gasteiger partial charge in [-0.2, -0.15) is 0 Å². The van der Waals surface area contributed by atoms with Crippen molar-refractivity contribution < 1.29 is 33.7 Å². The van der Waals surface area contributed by atoms with Crippen molar-refractivity contribution in [3.63, 3.8) is 0 Å². The summed E-state index contributed by atoms with van der Waals surface area (Å²) in [5.41, 5.74) is -1.81. The van der Waals surface area contributed by atoms with E-state index in [1.54, 1.807) is 62.3 Å². The van der Waals surface area contributed by atoms with Crippen LogP contribution in [0.4, 0.5) is 4.79 Å². The Hall–Kier alpha value is -2.77. The summed E-state index contributed by atoms with van der Waals surface area (Å²) in [5.74, 6) is -1.31. The van der Waals surface area contributed by atoms with Gasteiger partial charge in [-0.1, -0.05) is 6.07 Å². The quantitative estimate of drug-likeness (QED) is 0.515. The molecular weight excluding hydrogens is 402 g/mol. The van der Waals surface area contributed by atoms with E-state index in [1.807, 2.05) is 0 Å². The number of alkyl carbamates (subject to hydrolysis) is 1. The van der Waals surface area contributed by atoms with E-state index >= 15 is 0 Å². The van der Waals surface area contributed by atoms with E-state index in [-0.39, 0.29) is 18.0 Å². The van der Waals surface area contributed by atoms with Crippen molar-refractivity contribution in [3.05, 3.63) is 23.8 Å². The van der Waals surface area contributed by atoms with Gasteiger partial charge in [0.2, 0.25) is 0 Å². The Bertz CT molecular complexity index is 811. The lowest BCUT2D eigenvalue weighted by atomic mass is 9.97. The van der Waals surface area contributed by atoms with Crippen LogP contribution in [-0.4, -0.2) is 35.3 Å². The zero-order valence-electron chi connectivity index (χ0n) is 19.9. The van der Waals surface area contributed by atoms with Crippen molar-refractivity contribution in [2.24, 2.45) is 10.8 Å². The highest BCUT2D eigenvalue weighted by Crippen LogP contribution is 2.33. The van der Waals surface area contributed by atoms with Gasteiger partial charge in [-0.3, -0.25) is 9.59 Å². The maximum atomic E-state index is 12.5. The van der Waals surface area contributed by atoms with Gasteiger partial charge in [0.05, 0.1) is 17.4 Å². The fourth-order valence-corrected chi connectivity index (χ4v) is 2.09. The van der Waals surface area contributed by atoms with E-state index in [2.05, 4.69) is 5.32 Å². The standard InChI is InChI=1S/C23H35NO7/c1-21(2,3)18(26)29-16-12-14(10-11-15(16)25)17(30-19(27)22(4,5)6)13-24-20(28)31-23(7,8)9/h10-12,17,25H,13H2,1-9H3,(H,24,28)/t17-/m1/s1.